The number of nitrogens with two attached hydrogens (primary N) is 1. The SMILES string of the molecule is Nc1ccc(Cl)cc1S(=O)(=O)O. The zero-order chi connectivity index (χ0) is 9.35. The van der Waals surface area contributed by atoms with Gasteiger partial charge in [0.25, 0.3) is 10.1 Å². The minimum absolute atomic E-state index is 0.0260. The van der Waals surface area contributed by atoms with Crippen LogP contribution >= 0.6 is 11.6 Å². The second kappa shape index (κ2) is 2.93. The molecule has 1 rings (SSSR count). The van der Waals surface area contributed by atoms with Gasteiger partial charge in [0, 0.05) is 5.02 Å². The third-order valence-electron chi connectivity index (χ3n) is 1.25. The molecule has 1 aromatic carbocycles. The third kappa shape index (κ3) is 1.88. The molecule has 66 valence electrons. The first-order valence-electron chi connectivity index (χ1n) is 2.94. The molecule has 0 bridgehead atoms. The molecule has 3 N–H and O–H groups in total. The third-order valence-corrected chi connectivity index (χ3v) is 2.40. The average Bonchev–Trinajstić information content (AvgIpc) is 1.92. The summed E-state index contributed by atoms with van der Waals surface area (Å²) in [5, 5.41) is 0.205. The Morgan fingerprint density at radius 1 is 1.42 bits per heavy atom. The molecule has 0 aliphatic heterocycles. The van der Waals surface area contributed by atoms with E-state index in [0.717, 1.165) is 6.07 Å². The highest BCUT2D eigenvalue weighted by Gasteiger charge is 2.13. The monoisotopic (exact) mass is 207 g/mol. The van der Waals surface area contributed by atoms with E-state index in [-0.39, 0.29) is 15.6 Å². The molecule has 12 heavy (non-hydrogen) atoms. The van der Waals surface area contributed by atoms with Crippen molar-refractivity contribution < 1.29 is 13.0 Å². The van der Waals surface area contributed by atoms with Gasteiger partial charge < -0.3 is 5.73 Å². The molecule has 0 aliphatic rings. The van der Waals surface area contributed by atoms with Crippen LogP contribution in [0, 0.1) is 0 Å². The predicted molar refractivity (Wildman–Crippen MR) is 45.7 cm³/mol. The van der Waals surface area contributed by atoms with E-state index < -0.39 is 10.1 Å². The lowest BCUT2D eigenvalue weighted by Crippen LogP contribution is -2.02. The van der Waals surface area contributed by atoms with Crippen LogP contribution in [0.2, 0.25) is 5.02 Å². The molecule has 0 heterocycles. The number of rotatable bonds is 1. The Morgan fingerprint density at radius 2 is 2.00 bits per heavy atom. The summed E-state index contributed by atoms with van der Waals surface area (Å²) in [6.07, 6.45) is 0. The number of anilines is 1. The summed E-state index contributed by atoms with van der Waals surface area (Å²) < 4.78 is 29.9. The van der Waals surface area contributed by atoms with Gasteiger partial charge in [0.2, 0.25) is 0 Å². The molecule has 0 saturated carbocycles. The van der Waals surface area contributed by atoms with Crippen LogP contribution in [-0.4, -0.2) is 13.0 Å². The maximum absolute atomic E-state index is 10.6. The topological polar surface area (TPSA) is 80.4 Å². The average molecular weight is 208 g/mol. The van der Waals surface area contributed by atoms with Crippen molar-refractivity contribution in [1.29, 1.82) is 0 Å². The van der Waals surface area contributed by atoms with Crippen LogP contribution in [0.4, 0.5) is 5.69 Å². The first-order chi connectivity index (χ1) is 5.41. The molecule has 0 atom stereocenters. The lowest BCUT2D eigenvalue weighted by molar-refractivity contribution is 0.483. The Morgan fingerprint density at radius 3 is 2.42 bits per heavy atom. The van der Waals surface area contributed by atoms with Crippen LogP contribution in [0.5, 0.6) is 0 Å². The Kier molecular flexibility index (Phi) is 2.27. The van der Waals surface area contributed by atoms with Crippen LogP contribution in [0.15, 0.2) is 23.1 Å². The van der Waals surface area contributed by atoms with Crippen LogP contribution in [-0.2, 0) is 10.1 Å². The molecule has 0 aromatic heterocycles. The first-order valence-corrected chi connectivity index (χ1v) is 4.75. The van der Waals surface area contributed by atoms with E-state index >= 15 is 0 Å². The van der Waals surface area contributed by atoms with Crippen molar-refractivity contribution in [3.8, 4) is 0 Å². The van der Waals surface area contributed by atoms with Crippen molar-refractivity contribution in [2.45, 2.75) is 4.90 Å². The van der Waals surface area contributed by atoms with Crippen LogP contribution in [0.1, 0.15) is 0 Å². The van der Waals surface area contributed by atoms with Crippen LogP contribution < -0.4 is 5.73 Å². The molecular formula is C6H6ClNO3S. The molecular weight excluding hydrogens is 202 g/mol. The van der Waals surface area contributed by atoms with Crippen molar-refractivity contribution >= 4 is 27.4 Å². The number of nitrogen functional groups attached to an aromatic ring is 1. The number of hydrogen-bond donors (Lipinski definition) is 2. The van der Waals surface area contributed by atoms with Gasteiger partial charge in [-0.25, -0.2) is 0 Å². The minimum atomic E-state index is -4.27. The van der Waals surface area contributed by atoms with Gasteiger partial charge in [-0.15, -0.1) is 0 Å². The lowest BCUT2D eigenvalue weighted by atomic mass is 10.3. The van der Waals surface area contributed by atoms with Crippen molar-refractivity contribution in [3.05, 3.63) is 23.2 Å². The summed E-state index contributed by atoms with van der Waals surface area (Å²) in [7, 11) is -4.27. The van der Waals surface area contributed by atoms with E-state index in [4.69, 9.17) is 21.9 Å². The molecule has 1 aromatic rings. The first kappa shape index (κ1) is 9.31. The van der Waals surface area contributed by atoms with Crippen LogP contribution in [0.3, 0.4) is 0 Å². The Hall–Kier alpha value is -0.780. The Balaban J connectivity index is 3.43. The molecule has 0 amide bonds. The molecule has 0 saturated heterocycles. The van der Waals surface area contributed by atoms with Gasteiger partial charge in [-0.2, -0.15) is 8.42 Å². The normalized spacial score (nSPS) is 11.5. The van der Waals surface area contributed by atoms with Gasteiger partial charge in [-0.3, -0.25) is 4.55 Å². The minimum Gasteiger partial charge on any atom is -0.398 e. The van der Waals surface area contributed by atoms with E-state index in [1.807, 2.05) is 0 Å². The van der Waals surface area contributed by atoms with Gasteiger partial charge >= 0.3 is 0 Å². The van der Waals surface area contributed by atoms with Gasteiger partial charge in [0.05, 0.1) is 5.69 Å². The van der Waals surface area contributed by atoms with Crippen molar-refractivity contribution in [2.24, 2.45) is 0 Å². The smallest absolute Gasteiger partial charge is 0.296 e. The second-order valence-electron chi connectivity index (χ2n) is 2.16. The van der Waals surface area contributed by atoms with E-state index in [1.54, 1.807) is 0 Å². The van der Waals surface area contributed by atoms with Crippen molar-refractivity contribution in [2.75, 3.05) is 5.73 Å². The van der Waals surface area contributed by atoms with E-state index in [2.05, 4.69) is 0 Å². The van der Waals surface area contributed by atoms with Gasteiger partial charge in [-0.05, 0) is 18.2 Å². The summed E-state index contributed by atoms with van der Waals surface area (Å²) in [4.78, 5) is -0.366. The summed E-state index contributed by atoms with van der Waals surface area (Å²) in [6.45, 7) is 0. The molecule has 0 aliphatic carbocycles. The largest absolute Gasteiger partial charge is 0.398 e. The van der Waals surface area contributed by atoms with Gasteiger partial charge in [0.15, 0.2) is 0 Å². The molecule has 6 heteroatoms. The maximum atomic E-state index is 10.6. The zero-order valence-electron chi connectivity index (χ0n) is 5.86. The summed E-state index contributed by atoms with van der Waals surface area (Å²) >= 11 is 5.49. The van der Waals surface area contributed by atoms with Crippen LogP contribution in [0.25, 0.3) is 0 Å². The van der Waals surface area contributed by atoms with E-state index in [9.17, 15) is 8.42 Å². The molecule has 4 nitrogen and oxygen atoms in total. The highest BCUT2D eigenvalue weighted by molar-refractivity contribution is 7.86. The molecule has 0 radical (unpaired) electrons. The number of hydrogen-bond acceptors (Lipinski definition) is 3. The maximum Gasteiger partial charge on any atom is 0.296 e. The Bertz CT molecular complexity index is 401. The van der Waals surface area contributed by atoms with E-state index in [0.29, 0.717) is 0 Å². The molecule has 0 spiro atoms. The highest BCUT2D eigenvalue weighted by atomic mass is 35.5. The fourth-order valence-corrected chi connectivity index (χ4v) is 1.61. The quantitative estimate of drug-likeness (QED) is 0.535. The Labute approximate surface area is 74.7 Å². The fraction of sp³-hybridized carbons (Fsp3) is 0. The summed E-state index contributed by atoms with van der Waals surface area (Å²) in [6, 6.07) is 3.84. The second-order valence-corrected chi connectivity index (χ2v) is 3.98. The summed E-state index contributed by atoms with van der Waals surface area (Å²) in [5.74, 6) is 0. The summed E-state index contributed by atoms with van der Waals surface area (Å²) in [5.41, 5.74) is 5.25. The zero-order valence-corrected chi connectivity index (χ0v) is 7.43. The standard InChI is InChI=1S/C6H6ClNO3S/c7-4-1-2-5(8)6(3-4)12(9,10)11/h1-3H,8H2,(H,9,10,11). The molecule has 0 fully saturated rings. The van der Waals surface area contributed by atoms with Crippen molar-refractivity contribution in [3.63, 3.8) is 0 Å². The molecule has 0 unspecified atom stereocenters. The predicted octanol–water partition coefficient (Wildman–Crippen LogP) is 1.17. The highest BCUT2D eigenvalue weighted by Crippen LogP contribution is 2.21. The number of benzene rings is 1. The van der Waals surface area contributed by atoms with Gasteiger partial charge in [-0.1, -0.05) is 11.6 Å². The van der Waals surface area contributed by atoms with Gasteiger partial charge in [0.1, 0.15) is 4.90 Å². The lowest BCUT2D eigenvalue weighted by Gasteiger charge is -2.01. The van der Waals surface area contributed by atoms with E-state index in [1.165, 1.54) is 12.1 Å². The number of halogens is 1. The van der Waals surface area contributed by atoms with Crippen molar-refractivity contribution in [1.82, 2.24) is 0 Å². The fourth-order valence-electron chi connectivity index (χ4n) is 0.732.